The molecule has 0 N–H and O–H groups in total. The van der Waals surface area contributed by atoms with E-state index in [1.807, 2.05) is 44.2 Å². The summed E-state index contributed by atoms with van der Waals surface area (Å²) in [7, 11) is 0. The van der Waals surface area contributed by atoms with Crippen LogP contribution in [0.5, 0.6) is 0 Å². The minimum atomic E-state index is 0.598. The van der Waals surface area contributed by atoms with Gasteiger partial charge in [0.15, 0.2) is 5.58 Å². The molecule has 3 rings (SSSR count). The van der Waals surface area contributed by atoms with Crippen LogP contribution in [0.3, 0.4) is 0 Å². The van der Waals surface area contributed by atoms with Gasteiger partial charge in [0.1, 0.15) is 5.52 Å². The normalized spacial score (nSPS) is 11.2. The summed E-state index contributed by atoms with van der Waals surface area (Å²) in [6.07, 6.45) is 0. The third kappa shape index (κ3) is 2.17. The molecule has 0 aliphatic rings. The van der Waals surface area contributed by atoms with Gasteiger partial charge in [-0.05, 0) is 49.2 Å². The highest BCUT2D eigenvalue weighted by atomic mass is 79.9. The minimum Gasteiger partial charge on any atom is -0.434 e. The molecular weight excluding hydrogens is 326 g/mol. The van der Waals surface area contributed by atoms with Crippen LogP contribution in [0.25, 0.3) is 22.6 Å². The van der Waals surface area contributed by atoms with Gasteiger partial charge in [0, 0.05) is 10.0 Å². The van der Waals surface area contributed by atoms with Crippen molar-refractivity contribution in [3.8, 4) is 11.5 Å². The zero-order valence-electron chi connectivity index (χ0n) is 10.5. The Morgan fingerprint density at radius 3 is 2.79 bits per heavy atom. The Morgan fingerprint density at radius 1 is 1.21 bits per heavy atom. The van der Waals surface area contributed by atoms with Gasteiger partial charge in [-0.3, -0.25) is 0 Å². The minimum absolute atomic E-state index is 0.598. The molecule has 0 bridgehead atoms. The SMILES string of the molecule is Cc1cc(Cl)c2oc(-c3cccc(Br)c3C)nc2c1. The van der Waals surface area contributed by atoms with Crippen molar-refractivity contribution in [3.05, 3.63) is 51.0 Å². The van der Waals surface area contributed by atoms with E-state index in [1.165, 1.54) is 0 Å². The lowest BCUT2D eigenvalue weighted by Crippen LogP contribution is -1.84. The summed E-state index contributed by atoms with van der Waals surface area (Å²) in [6.45, 7) is 4.02. The fourth-order valence-corrected chi connectivity index (χ4v) is 2.75. The van der Waals surface area contributed by atoms with Gasteiger partial charge in [-0.2, -0.15) is 0 Å². The highest BCUT2D eigenvalue weighted by molar-refractivity contribution is 9.10. The van der Waals surface area contributed by atoms with Crippen molar-refractivity contribution in [2.75, 3.05) is 0 Å². The Bertz CT molecular complexity index is 779. The van der Waals surface area contributed by atoms with Crippen LogP contribution in [0.1, 0.15) is 11.1 Å². The lowest BCUT2D eigenvalue weighted by atomic mass is 10.1. The highest BCUT2D eigenvalue weighted by Gasteiger charge is 2.14. The summed E-state index contributed by atoms with van der Waals surface area (Å²) in [6, 6.07) is 9.81. The van der Waals surface area contributed by atoms with Crippen molar-refractivity contribution in [2.24, 2.45) is 0 Å². The second-order valence-electron chi connectivity index (χ2n) is 4.53. The van der Waals surface area contributed by atoms with Crippen LogP contribution in [-0.2, 0) is 0 Å². The Labute approximate surface area is 124 Å². The molecule has 1 aromatic heterocycles. The monoisotopic (exact) mass is 335 g/mol. The number of oxazole rings is 1. The van der Waals surface area contributed by atoms with Crippen molar-refractivity contribution in [1.29, 1.82) is 0 Å². The van der Waals surface area contributed by atoms with E-state index in [2.05, 4.69) is 20.9 Å². The quantitative estimate of drug-likeness (QED) is 0.584. The van der Waals surface area contributed by atoms with Gasteiger partial charge in [-0.15, -0.1) is 0 Å². The van der Waals surface area contributed by atoms with Gasteiger partial charge in [0.05, 0.1) is 5.02 Å². The molecule has 2 nitrogen and oxygen atoms in total. The number of nitrogens with zero attached hydrogens (tertiary/aromatic N) is 1. The number of rotatable bonds is 1. The lowest BCUT2D eigenvalue weighted by Gasteiger charge is -2.02. The Hall–Kier alpha value is -1.32. The van der Waals surface area contributed by atoms with E-state index < -0.39 is 0 Å². The Morgan fingerprint density at radius 2 is 2.00 bits per heavy atom. The molecule has 0 aliphatic carbocycles. The number of hydrogen-bond acceptors (Lipinski definition) is 2. The van der Waals surface area contributed by atoms with E-state index in [0.29, 0.717) is 16.5 Å². The predicted molar refractivity (Wildman–Crippen MR) is 81.6 cm³/mol. The Balaban J connectivity index is 2.26. The number of aromatic nitrogens is 1. The Kier molecular flexibility index (Phi) is 3.11. The zero-order chi connectivity index (χ0) is 13.6. The van der Waals surface area contributed by atoms with E-state index in [-0.39, 0.29) is 0 Å². The van der Waals surface area contributed by atoms with E-state index in [1.54, 1.807) is 0 Å². The molecule has 0 fully saturated rings. The first-order valence-corrected chi connectivity index (χ1v) is 7.05. The number of aryl methyl sites for hydroxylation is 1. The van der Waals surface area contributed by atoms with Crippen LogP contribution in [0.15, 0.2) is 39.2 Å². The smallest absolute Gasteiger partial charge is 0.227 e. The van der Waals surface area contributed by atoms with Crippen molar-refractivity contribution in [2.45, 2.75) is 13.8 Å². The van der Waals surface area contributed by atoms with E-state index in [4.69, 9.17) is 16.0 Å². The zero-order valence-corrected chi connectivity index (χ0v) is 12.8. The maximum absolute atomic E-state index is 6.19. The summed E-state index contributed by atoms with van der Waals surface area (Å²) >= 11 is 9.71. The van der Waals surface area contributed by atoms with Crippen molar-refractivity contribution in [3.63, 3.8) is 0 Å². The van der Waals surface area contributed by atoms with Crippen molar-refractivity contribution in [1.82, 2.24) is 4.98 Å². The molecule has 0 spiro atoms. The molecule has 0 saturated heterocycles. The number of halogens is 2. The molecule has 0 amide bonds. The van der Waals surface area contributed by atoms with Crippen molar-refractivity contribution < 1.29 is 4.42 Å². The van der Waals surface area contributed by atoms with Crippen LogP contribution >= 0.6 is 27.5 Å². The molecule has 0 saturated carbocycles. The van der Waals surface area contributed by atoms with E-state index in [0.717, 1.165) is 26.7 Å². The number of benzene rings is 2. The molecule has 0 radical (unpaired) electrons. The standard InChI is InChI=1S/C15H11BrClNO/c1-8-6-12(17)14-13(7-8)18-15(19-14)10-4-3-5-11(16)9(10)2/h3-7H,1-2H3. The second-order valence-corrected chi connectivity index (χ2v) is 5.79. The third-order valence-electron chi connectivity index (χ3n) is 3.09. The molecule has 1 heterocycles. The van der Waals surface area contributed by atoms with Crippen LogP contribution in [0.4, 0.5) is 0 Å². The summed E-state index contributed by atoms with van der Waals surface area (Å²) < 4.78 is 6.85. The first-order valence-electron chi connectivity index (χ1n) is 5.88. The fraction of sp³-hybridized carbons (Fsp3) is 0.133. The number of hydrogen-bond donors (Lipinski definition) is 0. The summed E-state index contributed by atoms with van der Waals surface area (Å²) in [5.74, 6) is 0.598. The van der Waals surface area contributed by atoms with Crippen LogP contribution < -0.4 is 0 Å². The average Bonchev–Trinajstić information content (AvgIpc) is 2.76. The van der Waals surface area contributed by atoms with Crippen LogP contribution in [-0.4, -0.2) is 4.98 Å². The molecule has 0 aliphatic heterocycles. The largest absolute Gasteiger partial charge is 0.434 e. The first-order chi connectivity index (χ1) is 9.06. The van der Waals surface area contributed by atoms with E-state index >= 15 is 0 Å². The third-order valence-corrected chi connectivity index (χ3v) is 4.23. The maximum atomic E-state index is 6.19. The molecule has 96 valence electrons. The summed E-state index contributed by atoms with van der Waals surface area (Å²) in [4.78, 5) is 4.53. The van der Waals surface area contributed by atoms with Crippen molar-refractivity contribution >= 4 is 38.6 Å². The van der Waals surface area contributed by atoms with Gasteiger partial charge in [-0.25, -0.2) is 4.98 Å². The number of fused-ring (bicyclic) bond motifs is 1. The second kappa shape index (κ2) is 4.66. The maximum Gasteiger partial charge on any atom is 0.227 e. The van der Waals surface area contributed by atoms with Crippen LogP contribution in [0.2, 0.25) is 5.02 Å². The van der Waals surface area contributed by atoms with Gasteiger partial charge in [0.2, 0.25) is 5.89 Å². The predicted octanol–water partition coefficient (Wildman–Crippen LogP) is 5.53. The first kappa shape index (κ1) is 12.7. The molecule has 0 atom stereocenters. The lowest BCUT2D eigenvalue weighted by molar-refractivity contribution is 0.619. The average molecular weight is 337 g/mol. The molecule has 4 heteroatoms. The summed E-state index contributed by atoms with van der Waals surface area (Å²) in [5, 5.41) is 0.599. The van der Waals surface area contributed by atoms with Gasteiger partial charge >= 0.3 is 0 Å². The van der Waals surface area contributed by atoms with Gasteiger partial charge in [-0.1, -0.05) is 33.6 Å². The van der Waals surface area contributed by atoms with E-state index in [9.17, 15) is 0 Å². The van der Waals surface area contributed by atoms with Crippen LogP contribution in [0, 0.1) is 13.8 Å². The summed E-state index contributed by atoms with van der Waals surface area (Å²) in [5.41, 5.74) is 4.57. The fourth-order valence-electron chi connectivity index (χ4n) is 2.08. The molecule has 19 heavy (non-hydrogen) atoms. The molecule has 2 aromatic carbocycles. The molecule has 0 unspecified atom stereocenters. The highest BCUT2D eigenvalue weighted by Crippen LogP contribution is 2.33. The molecule has 3 aromatic rings. The topological polar surface area (TPSA) is 26.0 Å². The van der Waals surface area contributed by atoms with Gasteiger partial charge < -0.3 is 4.42 Å². The van der Waals surface area contributed by atoms with Gasteiger partial charge in [0.25, 0.3) is 0 Å². The molecular formula is C15H11BrClNO.